The summed E-state index contributed by atoms with van der Waals surface area (Å²) in [6.45, 7) is 4.00. The van der Waals surface area contributed by atoms with Gasteiger partial charge in [0, 0.05) is 43.5 Å². The first-order valence-corrected chi connectivity index (χ1v) is 10.6. The Balaban J connectivity index is 0.000000882. The Kier molecular flexibility index (Phi) is 4.45. The molecule has 0 saturated heterocycles. The normalized spacial score (nSPS) is 16.3. The summed E-state index contributed by atoms with van der Waals surface area (Å²) in [4.78, 5) is 9.42. The van der Waals surface area contributed by atoms with Gasteiger partial charge in [-0.15, -0.1) is 0 Å². The van der Waals surface area contributed by atoms with E-state index in [1.807, 2.05) is 62.3 Å². The molecule has 0 N–H and O–H groups in total. The van der Waals surface area contributed by atoms with E-state index in [1.165, 1.54) is 25.7 Å². The molecule has 29 heavy (non-hydrogen) atoms. The SMILES string of the molecule is CC.Cn1cc(-c2cc3nccn3c(-c3cnn(C(C4CC4)C4CC4)c3)n2)cn1. The lowest BCUT2D eigenvalue weighted by Gasteiger charge is -2.15. The predicted molar refractivity (Wildman–Crippen MR) is 112 cm³/mol. The number of imidazole rings is 1. The quantitative estimate of drug-likeness (QED) is 0.508. The summed E-state index contributed by atoms with van der Waals surface area (Å²) >= 11 is 0. The largest absolute Gasteiger partial charge is 0.284 e. The smallest absolute Gasteiger partial charge is 0.149 e. The van der Waals surface area contributed by atoms with Crippen molar-refractivity contribution in [3.8, 4) is 22.6 Å². The summed E-state index contributed by atoms with van der Waals surface area (Å²) in [5.41, 5.74) is 3.79. The van der Waals surface area contributed by atoms with Crippen LogP contribution in [0.4, 0.5) is 0 Å². The van der Waals surface area contributed by atoms with E-state index in [0.29, 0.717) is 6.04 Å². The Labute approximate surface area is 170 Å². The van der Waals surface area contributed by atoms with Gasteiger partial charge < -0.3 is 0 Å². The molecule has 0 unspecified atom stereocenters. The molecule has 2 aliphatic carbocycles. The van der Waals surface area contributed by atoms with Gasteiger partial charge in [-0.2, -0.15) is 10.2 Å². The van der Waals surface area contributed by atoms with Gasteiger partial charge >= 0.3 is 0 Å². The van der Waals surface area contributed by atoms with E-state index in [2.05, 4.69) is 21.0 Å². The number of aromatic nitrogens is 7. The van der Waals surface area contributed by atoms with Gasteiger partial charge in [-0.05, 0) is 37.5 Å². The molecule has 0 radical (unpaired) electrons. The van der Waals surface area contributed by atoms with Gasteiger partial charge in [0.15, 0.2) is 0 Å². The number of nitrogens with zero attached hydrogens (tertiary/aromatic N) is 7. The highest BCUT2D eigenvalue weighted by molar-refractivity contribution is 5.68. The van der Waals surface area contributed by atoms with Crippen LogP contribution in [-0.4, -0.2) is 33.9 Å². The average molecular weight is 390 g/mol. The van der Waals surface area contributed by atoms with Crippen LogP contribution in [0, 0.1) is 11.8 Å². The molecule has 0 aromatic carbocycles. The fourth-order valence-electron chi connectivity index (χ4n) is 4.14. The Bertz CT molecular complexity index is 1120. The first-order valence-electron chi connectivity index (χ1n) is 10.6. The number of rotatable bonds is 5. The van der Waals surface area contributed by atoms with Crippen LogP contribution in [-0.2, 0) is 7.05 Å². The lowest BCUT2D eigenvalue weighted by atomic mass is 10.1. The average Bonchev–Trinajstić information content (AvgIpc) is 3.60. The lowest BCUT2D eigenvalue weighted by Crippen LogP contribution is -2.13. The zero-order chi connectivity index (χ0) is 20.0. The fourth-order valence-corrected chi connectivity index (χ4v) is 4.14. The summed E-state index contributed by atoms with van der Waals surface area (Å²) in [6.07, 6.45) is 17.1. The minimum atomic E-state index is 0.568. The zero-order valence-corrected chi connectivity index (χ0v) is 17.2. The minimum Gasteiger partial charge on any atom is -0.284 e. The molecule has 0 amide bonds. The van der Waals surface area contributed by atoms with Gasteiger partial charge in [-0.25, -0.2) is 9.97 Å². The third-order valence-electron chi connectivity index (χ3n) is 5.77. The van der Waals surface area contributed by atoms with Gasteiger partial charge in [0.2, 0.25) is 0 Å². The minimum absolute atomic E-state index is 0.568. The highest BCUT2D eigenvalue weighted by atomic mass is 15.3. The molecule has 2 aliphatic rings. The van der Waals surface area contributed by atoms with Crippen molar-refractivity contribution in [1.29, 1.82) is 0 Å². The first-order chi connectivity index (χ1) is 14.3. The van der Waals surface area contributed by atoms with Crippen molar-refractivity contribution in [3.05, 3.63) is 43.2 Å². The highest BCUT2D eigenvalue weighted by Crippen LogP contribution is 2.51. The van der Waals surface area contributed by atoms with Crippen LogP contribution in [0.15, 0.2) is 43.2 Å². The number of aryl methyl sites for hydroxylation is 1. The molecule has 150 valence electrons. The molecule has 0 bridgehead atoms. The molecule has 4 aromatic rings. The Morgan fingerprint density at radius 1 is 0.966 bits per heavy atom. The van der Waals surface area contributed by atoms with E-state index >= 15 is 0 Å². The summed E-state index contributed by atoms with van der Waals surface area (Å²) in [6, 6.07) is 2.57. The molecular formula is C22H27N7. The van der Waals surface area contributed by atoms with Crippen molar-refractivity contribution in [2.24, 2.45) is 18.9 Å². The second-order valence-corrected chi connectivity index (χ2v) is 7.90. The standard InChI is InChI=1S/C20H21N7.C2H6/c1-25-11-15(9-22-25)17-8-18-21-6-7-26(18)20(24-17)16-10-23-27(12-16)19(13-2-3-13)14-4-5-14;1-2/h6-14,19H,2-5H2,1H3;1-2H3. The van der Waals surface area contributed by atoms with Crippen molar-refractivity contribution >= 4 is 5.65 Å². The van der Waals surface area contributed by atoms with Crippen molar-refractivity contribution < 1.29 is 0 Å². The third kappa shape index (κ3) is 3.34. The van der Waals surface area contributed by atoms with E-state index in [-0.39, 0.29) is 0 Å². The van der Waals surface area contributed by atoms with Crippen LogP contribution in [0.25, 0.3) is 28.3 Å². The third-order valence-corrected chi connectivity index (χ3v) is 5.77. The van der Waals surface area contributed by atoms with Crippen LogP contribution in [0.2, 0.25) is 0 Å². The van der Waals surface area contributed by atoms with Crippen LogP contribution in [0.5, 0.6) is 0 Å². The van der Waals surface area contributed by atoms with Gasteiger partial charge in [-0.3, -0.25) is 13.8 Å². The second-order valence-electron chi connectivity index (χ2n) is 7.90. The van der Waals surface area contributed by atoms with Gasteiger partial charge in [-0.1, -0.05) is 13.8 Å². The van der Waals surface area contributed by atoms with Crippen molar-refractivity contribution in [3.63, 3.8) is 0 Å². The van der Waals surface area contributed by atoms with E-state index in [4.69, 9.17) is 10.1 Å². The van der Waals surface area contributed by atoms with Crippen LogP contribution >= 0.6 is 0 Å². The maximum absolute atomic E-state index is 4.94. The molecule has 2 fully saturated rings. The Hall–Kier alpha value is -2.96. The molecular weight excluding hydrogens is 362 g/mol. The molecule has 6 rings (SSSR count). The van der Waals surface area contributed by atoms with E-state index < -0.39 is 0 Å². The lowest BCUT2D eigenvalue weighted by molar-refractivity contribution is 0.361. The summed E-state index contributed by atoms with van der Waals surface area (Å²) < 4.78 is 6.02. The van der Waals surface area contributed by atoms with E-state index in [0.717, 1.165) is 40.1 Å². The van der Waals surface area contributed by atoms with Crippen molar-refractivity contribution in [2.75, 3.05) is 0 Å². The monoisotopic (exact) mass is 389 g/mol. The molecule has 0 spiro atoms. The molecule has 0 aliphatic heterocycles. The summed E-state index contributed by atoms with van der Waals surface area (Å²) in [7, 11) is 1.92. The van der Waals surface area contributed by atoms with Crippen LogP contribution < -0.4 is 0 Å². The topological polar surface area (TPSA) is 65.8 Å². The van der Waals surface area contributed by atoms with Crippen molar-refractivity contribution in [1.82, 2.24) is 33.9 Å². The number of hydrogen-bond acceptors (Lipinski definition) is 4. The molecule has 0 atom stereocenters. The Morgan fingerprint density at radius 2 is 1.69 bits per heavy atom. The predicted octanol–water partition coefficient (Wildman–Crippen LogP) is 4.38. The number of fused-ring (bicyclic) bond motifs is 1. The van der Waals surface area contributed by atoms with Crippen molar-refractivity contribution in [2.45, 2.75) is 45.6 Å². The zero-order valence-electron chi connectivity index (χ0n) is 17.2. The first kappa shape index (κ1) is 18.1. The van der Waals surface area contributed by atoms with E-state index in [9.17, 15) is 0 Å². The van der Waals surface area contributed by atoms with Crippen LogP contribution in [0.3, 0.4) is 0 Å². The molecule has 2 saturated carbocycles. The summed E-state index contributed by atoms with van der Waals surface area (Å²) in [5, 5.41) is 9.02. The maximum atomic E-state index is 4.94. The van der Waals surface area contributed by atoms with E-state index in [1.54, 1.807) is 4.68 Å². The van der Waals surface area contributed by atoms with Gasteiger partial charge in [0.25, 0.3) is 0 Å². The highest BCUT2D eigenvalue weighted by Gasteiger charge is 2.43. The molecule has 7 nitrogen and oxygen atoms in total. The maximum Gasteiger partial charge on any atom is 0.149 e. The Morgan fingerprint density at radius 3 is 2.34 bits per heavy atom. The summed E-state index contributed by atoms with van der Waals surface area (Å²) in [5.74, 6) is 2.50. The number of hydrogen-bond donors (Lipinski definition) is 0. The van der Waals surface area contributed by atoms with Gasteiger partial charge in [0.1, 0.15) is 11.5 Å². The molecule has 4 heterocycles. The molecule has 7 heteroatoms. The fraction of sp³-hybridized carbons (Fsp3) is 0.455. The second kappa shape index (κ2) is 7.13. The molecule has 4 aromatic heterocycles. The van der Waals surface area contributed by atoms with Crippen LogP contribution in [0.1, 0.15) is 45.6 Å². The van der Waals surface area contributed by atoms with Gasteiger partial charge in [0.05, 0.1) is 29.7 Å².